The van der Waals surface area contributed by atoms with Crippen molar-refractivity contribution in [3.05, 3.63) is 100 Å². The van der Waals surface area contributed by atoms with Crippen LogP contribution in [0.25, 0.3) is 0 Å². The molecule has 2 aliphatic rings. The van der Waals surface area contributed by atoms with Gasteiger partial charge < -0.3 is 4.74 Å². The van der Waals surface area contributed by atoms with Crippen molar-refractivity contribution < 1.29 is 9.13 Å². The first kappa shape index (κ1) is 17.4. The Labute approximate surface area is 168 Å². The number of nitrogens with zero attached hydrogens (tertiary/aromatic N) is 2. The van der Waals surface area contributed by atoms with Gasteiger partial charge in [-0.15, -0.1) is 0 Å². The van der Waals surface area contributed by atoms with Crippen LogP contribution in [0.3, 0.4) is 0 Å². The van der Waals surface area contributed by atoms with Crippen LogP contribution >= 0.6 is 11.6 Å². The van der Waals surface area contributed by atoms with Crippen molar-refractivity contribution in [3.8, 4) is 5.75 Å². The minimum Gasteiger partial charge on any atom is -0.497 e. The summed E-state index contributed by atoms with van der Waals surface area (Å²) in [6.45, 7) is 0. The second-order valence-corrected chi connectivity index (χ2v) is 7.49. The average molecular weight is 393 g/mol. The molecule has 5 heteroatoms. The molecule has 0 N–H and O–H groups in total. The van der Waals surface area contributed by atoms with Gasteiger partial charge in [-0.2, -0.15) is 0 Å². The third-order valence-electron chi connectivity index (χ3n) is 5.44. The molecule has 0 bridgehead atoms. The lowest BCUT2D eigenvalue weighted by Gasteiger charge is -2.15. The zero-order chi connectivity index (χ0) is 19.3. The Morgan fingerprint density at radius 2 is 1.50 bits per heavy atom. The minimum atomic E-state index is -0.238. The number of benzene rings is 3. The third-order valence-corrected chi connectivity index (χ3v) is 5.69. The lowest BCUT2D eigenvalue weighted by molar-refractivity contribution is 0.402. The number of fused-ring (bicyclic) bond motifs is 1. The van der Waals surface area contributed by atoms with Crippen LogP contribution in [0.1, 0.15) is 28.9 Å². The van der Waals surface area contributed by atoms with Gasteiger partial charge in [0.15, 0.2) is 0 Å². The average Bonchev–Trinajstić information content (AvgIpc) is 3.34. The predicted molar refractivity (Wildman–Crippen MR) is 108 cm³/mol. The maximum atomic E-state index is 13.4. The quantitative estimate of drug-likeness (QED) is 0.554. The molecule has 0 spiro atoms. The Kier molecular flexibility index (Phi) is 4.18. The first-order valence-electron chi connectivity index (χ1n) is 9.16. The van der Waals surface area contributed by atoms with E-state index in [-0.39, 0.29) is 24.1 Å². The van der Waals surface area contributed by atoms with Gasteiger partial charge in [0.05, 0.1) is 24.9 Å². The summed E-state index contributed by atoms with van der Waals surface area (Å²) >= 11 is 6.06. The van der Waals surface area contributed by atoms with E-state index in [0.717, 1.165) is 22.6 Å². The first-order chi connectivity index (χ1) is 13.7. The molecular formula is C23H18ClFN2O. The molecule has 1 saturated heterocycles. The zero-order valence-electron chi connectivity index (χ0n) is 15.2. The highest BCUT2D eigenvalue weighted by molar-refractivity contribution is 6.30. The lowest BCUT2D eigenvalue weighted by atomic mass is 10.0. The second-order valence-electron chi connectivity index (χ2n) is 7.06. The van der Waals surface area contributed by atoms with E-state index in [0.29, 0.717) is 5.02 Å². The van der Waals surface area contributed by atoms with Crippen molar-refractivity contribution in [3.63, 3.8) is 0 Å². The predicted octanol–water partition coefficient (Wildman–Crippen LogP) is 5.41. The zero-order valence-corrected chi connectivity index (χ0v) is 16.0. The van der Waals surface area contributed by atoms with E-state index in [1.807, 2.05) is 48.5 Å². The van der Waals surface area contributed by atoms with E-state index < -0.39 is 0 Å². The van der Waals surface area contributed by atoms with Crippen LogP contribution in [0.4, 0.5) is 4.39 Å². The highest BCUT2D eigenvalue weighted by Crippen LogP contribution is 2.55. The van der Waals surface area contributed by atoms with Crippen LogP contribution in [0, 0.1) is 5.82 Å². The molecular weight excluding hydrogens is 375 g/mol. The lowest BCUT2D eigenvalue weighted by Crippen LogP contribution is -2.08. The number of ether oxygens (including phenoxy) is 1. The van der Waals surface area contributed by atoms with Gasteiger partial charge in [0.2, 0.25) is 0 Å². The monoisotopic (exact) mass is 392 g/mol. The van der Waals surface area contributed by atoms with Crippen LogP contribution in [-0.2, 0) is 0 Å². The Hall–Kier alpha value is -2.69. The molecule has 0 amide bonds. The summed E-state index contributed by atoms with van der Waals surface area (Å²) in [5.74, 6) is 0.601. The van der Waals surface area contributed by atoms with Gasteiger partial charge in [0.25, 0.3) is 0 Å². The van der Waals surface area contributed by atoms with Crippen molar-refractivity contribution in [2.75, 3.05) is 7.11 Å². The van der Waals surface area contributed by atoms with Gasteiger partial charge in [-0.25, -0.2) is 4.39 Å². The molecule has 2 aliphatic heterocycles. The van der Waals surface area contributed by atoms with Crippen LogP contribution in [-0.4, -0.2) is 23.8 Å². The molecule has 1 fully saturated rings. The fraction of sp³-hybridized carbons (Fsp3) is 0.174. The third kappa shape index (κ3) is 2.89. The van der Waals surface area contributed by atoms with Gasteiger partial charge in [-0.1, -0.05) is 48.0 Å². The first-order valence-corrected chi connectivity index (χ1v) is 9.54. The molecule has 3 nitrogen and oxygen atoms in total. The largest absolute Gasteiger partial charge is 0.497 e. The SMILES string of the molecule is COc1ccc([C@H]2[C@@H]3C(c4ccc(Cl)cc4)=N[C@@H](c4ccc(F)cc4)N32)cc1. The molecule has 3 aromatic rings. The standard InChI is InChI=1S/C23H18ClFN2O/c1-28-19-12-6-15(7-13-19)21-22-20(14-2-8-17(24)9-3-14)26-23(27(21)22)16-4-10-18(25)11-5-16/h2-13,21-23H,1H3/t21-,22-,23+,27?/m0/s1. The van der Waals surface area contributed by atoms with E-state index >= 15 is 0 Å². The molecule has 0 aromatic heterocycles. The van der Waals surface area contributed by atoms with Crippen LogP contribution in [0.2, 0.25) is 5.02 Å². The second kappa shape index (κ2) is 6.73. The van der Waals surface area contributed by atoms with Crippen LogP contribution in [0.5, 0.6) is 5.75 Å². The highest BCUT2D eigenvalue weighted by Gasteiger charge is 2.59. The molecule has 0 radical (unpaired) electrons. The van der Waals surface area contributed by atoms with Crippen LogP contribution < -0.4 is 4.74 Å². The minimum absolute atomic E-state index is 0.122. The normalized spacial score (nSPS) is 25.2. The van der Waals surface area contributed by atoms with E-state index in [9.17, 15) is 4.39 Å². The molecule has 140 valence electrons. The molecule has 5 rings (SSSR count). The summed E-state index contributed by atoms with van der Waals surface area (Å²) in [5.41, 5.74) is 4.33. The smallest absolute Gasteiger partial charge is 0.129 e. The van der Waals surface area contributed by atoms with Crippen molar-refractivity contribution in [1.29, 1.82) is 0 Å². The van der Waals surface area contributed by atoms with Crippen molar-refractivity contribution in [1.82, 2.24) is 4.90 Å². The molecule has 0 saturated carbocycles. The summed E-state index contributed by atoms with van der Waals surface area (Å²) in [5, 5.41) is 0.705. The van der Waals surface area contributed by atoms with Crippen molar-refractivity contribution in [2.45, 2.75) is 18.2 Å². The summed E-state index contributed by atoms with van der Waals surface area (Å²) in [7, 11) is 1.67. The Morgan fingerprint density at radius 1 is 0.857 bits per heavy atom. The fourth-order valence-electron chi connectivity index (χ4n) is 4.02. The summed E-state index contributed by atoms with van der Waals surface area (Å²) in [6.07, 6.45) is -0.122. The van der Waals surface area contributed by atoms with E-state index in [1.165, 1.54) is 17.7 Å². The Bertz CT molecular complexity index is 1030. The number of rotatable bonds is 4. The van der Waals surface area contributed by atoms with Gasteiger partial charge in [0.1, 0.15) is 17.7 Å². The number of methoxy groups -OCH3 is 1. The molecule has 4 atom stereocenters. The highest BCUT2D eigenvalue weighted by atomic mass is 35.5. The molecule has 1 unspecified atom stereocenters. The number of hydrogen-bond acceptors (Lipinski definition) is 3. The fourth-order valence-corrected chi connectivity index (χ4v) is 4.15. The van der Waals surface area contributed by atoms with Crippen molar-refractivity contribution >= 4 is 17.3 Å². The number of hydrogen-bond donors (Lipinski definition) is 0. The maximum absolute atomic E-state index is 13.4. The van der Waals surface area contributed by atoms with Gasteiger partial charge >= 0.3 is 0 Å². The summed E-state index contributed by atoms with van der Waals surface area (Å²) < 4.78 is 18.7. The van der Waals surface area contributed by atoms with E-state index in [1.54, 1.807) is 7.11 Å². The number of aliphatic imine (C=N–C) groups is 1. The summed E-state index contributed by atoms with van der Waals surface area (Å²) in [6, 6.07) is 23.0. The molecule has 28 heavy (non-hydrogen) atoms. The van der Waals surface area contributed by atoms with Crippen molar-refractivity contribution in [2.24, 2.45) is 4.99 Å². The molecule has 0 aliphatic carbocycles. The molecule has 3 aromatic carbocycles. The van der Waals surface area contributed by atoms with Crippen LogP contribution in [0.15, 0.2) is 77.8 Å². The Balaban J connectivity index is 1.53. The van der Waals surface area contributed by atoms with E-state index in [4.69, 9.17) is 21.3 Å². The maximum Gasteiger partial charge on any atom is 0.129 e. The topological polar surface area (TPSA) is 24.6 Å². The Morgan fingerprint density at radius 3 is 2.14 bits per heavy atom. The number of halogens is 2. The van der Waals surface area contributed by atoms with Gasteiger partial charge in [-0.05, 0) is 53.1 Å². The van der Waals surface area contributed by atoms with Gasteiger partial charge in [0, 0.05) is 5.02 Å². The van der Waals surface area contributed by atoms with Gasteiger partial charge in [-0.3, -0.25) is 9.89 Å². The molecule has 2 heterocycles. The summed E-state index contributed by atoms with van der Waals surface area (Å²) in [4.78, 5) is 7.34. The van der Waals surface area contributed by atoms with E-state index in [2.05, 4.69) is 17.0 Å².